The van der Waals surface area contributed by atoms with Crippen LogP contribution in [0.3, 0.4) is 0 Å². The summed E-state index contributed by atoms with van der Waals surface area (Å²) >= 11 is 0. The Labute approximate surface area is 98.8 Å². The Hall–Kier alpha value is -2.29. The number of aromatic nitrogens is 1. The topological polar surface area (TPSA) is 52.0 Å². The first kappa shape index (κ1) is 9.90. The third-order valence-corrected chi connectivity index (χ3v) is 2.81. The van der Waals surface area contributed by atoms with Crippen LogP contribution in [0.15, 0.2) is 47.0 Å². The van der Waals surface area contributed by atoms with Crippen LogP contribution in [-0.4, -0.2) is 5.16 Å². The molecular weight excluding hydrogens is 212 g/mol. The van der Waals surface area contributed by atoms with Gasteiger partial charge in [0.05, 0.1) is 0 Å². The molecule has 0 aliphatic rings. The fourth-order valence-electron chi connectivity index (χ4n) is 1.90. The second kappa shape index (κ2) is 3.63. The Kier molecular flexibility index (Phi) is 2.11. The molecule has 0 aliphatic carbocycles. The molecule has 0 saturated heterocycles. The number of fused-ring (bicyclic) bond motifs is 1. The molecule has 3 nitrogen and oxygen atoms in total. The molecule has 84 valence electrons. The van der Waals surface area contributed by atoms with E-state index in [-0.39, 0.29) is 0 Å². The molecule has 3 heteroatoms. The highest BCUT2D eigenvalue weighted by molar-refractivity contribution is 5.91. The van der Waals surface area contributed by atoms with Crippen LogP contribution < -0.4 is 5.73 Å². The molecule has 3 rings (SSSR count). The third kappa shape index (κ3) is 1.65. The molecular formula is C14H12N2O. The Morgan fingerprint density at radius 1 is 1.06 bits per heavy atom. The number of nitrogen functional groups attached to an aromatic ring is 1. The first-order chi connectivity index (χ1) is 8.24. The SMILES string of the molecule is Cc1ccc2c(-c3ccc(N)cc3)onc2c1. The number of nitrogens with two attached hydrogens (primary N) is 1. The lowest BCUT2D eigenvalue weighted by molar-refractivity contribution is 0.441. The quantitative estimate of drug-likeness (QED) is 0.644. The maximum atomic E-state index is 5.67. The number of nitrogens with zero attached hydrogens (tertiary/aromatic N) is 1. The Balaban J connectivity index is 2.21. The number of rotatable bonds is 1. The van der Waals surface area contributed by atoms with Gasteiger partial charge in [0.25, 0.3) is 0 Å². The maximum absolute atomic E-state index is 5.67. The lowest BCUT2D eigenvalue weighted by Gasteiger charge is -1.97. The fraction of sp³-hybridized carbons (Fsp3) is 0.0714. The van der Waals surface area contributed by atoms with Crippen LogP contribution in [0.25, 0.3) is 22.2 Å². The summed E-state index contributed by atoms with van der Waals surface area (Å²) in [7, 11) is 0. The van der Waals surface area contributed by atoms with Crippen molar-refractivity contribution in [2.45, 2.75) is 6.92 Å². The molecule has 2 aromatic carbocycles. The van der Waals surface area contributed by atoms with Gasteiger partial charge in [-0.2, -0.15) is 0 Å². The molecule has 1 heterocycles. The summed E-state index contributed by atoms with van der Waals surface area (Å²) in [4.78, 5) is 0. The van der Waals surface area contributed by atoms with Crippen LogP contribution in [-0.2, 0) is 0 Å². The minimum absolute atomic E-state index is 0.744. The van der Waals surface area contributed by atoms with E-state index in [0.717, 1.165) is 27.9 Å². The van der Waals surface area contributed by atoms with Crippen molar-refractivity contribution in [1.29, 1.82) is 0 Å². The second-order valence-electron chi connectivity index (χ2n) is 4.15. The number of hydrogen-bond acceptors (Lipinski definition) is 3. The second-order valence-corrected chi connectivity index (χ2v) is 4.15. The van der Waals surface area contributed by atoms with E-state index < -0.39 is 0 Å². The van der Waals surface area contributed by atoms with Crippen LogP contribution >= 0.6 is 0 Å². The van der Waals surface area contributed by atoms with Crippen LogP contribution in [0.5, 0.6) is 0 Å². The molecule has 0 bridgehead atoms. The van der Waals surface area contributed by atoms with Crippen molar-refractivity contribution >= 4 is 16.6 Å². The van der Waals surface area contributed by atoms with Gasteiger partial charge in [0.2, 0.25) is 0 Å². The van der Waals surface area contributed by atoms with Gasteiger partial charge < -0.3 is 10.3 Å². The summed E-state index contributed by atoms with van der Waals surface area (Å²) in [5.74, 6) is 0.792. The molecule has 17 heavy (non-hydrogen) atoms. The molecule has 0 saturated carbocycles. The highest BCUT2D eigenvalue weighted by Crippen LogP contribution is 2.29. The van der Waals surface area contributed by atoms with Gasteiger partial charge in [0.1, 0.15) is 5.52 Å². The molecule has 0 aliphatic heterocycles. The van der Waals surface area contributed by atoms with Gasteiger partial charge in [0, 0.05) is 16.6 Å². The first-order valence-corrected chi connectivity index (χ1v) is 5.46. The fourth-order valence-corrected chi connectivity index (χ4v) is 1.90. The molecule has 3 aromatic rings. The maximum Gasteiger partial charge on any atom is 0.174 e. The summed E-state index contributed by atoms with van der Waals surface area (Å²) in [5, 5.41) is 5.10. The predicted octanol–water partition coefficient (Wildman–Crippen LogP) is 3.39. The number of anilines is 1. The minimum atomic E-state index is 0.744. The number of benzene rings is 2. The highest BCUT2D eigenvalue weighted by Gasteiger charge is 2.10. The molecule has 2 N–H and O–H groups in total. The first-order valence-electron chi connectivity index (χ1n) is 5.46. The highest BCUT2D eigenvalue weighted by atomic mass is 16.5. The van der Waals surface area contributed by atoms with E-state index in [4.69, 9.17) is 10.3 Å². The van der Waals surface area contributed by atoms with E-state index in [9.17, 15) is 0 Å². The monoisotopic (exact) mass is 224 g/mol. The van der Waals surface area contributed by atoms with E-state index in [2.05, 4.69) is 11.2 Å². The van der Waals surface area contributed by atoms with E-state index in [1.807, 2.05) is 43.3 Å². The van der Waals surface area contributed by atoms with Gasteiger partial charge in [-0.05, 0) is 48.9 Å². The van der Waals surface area contributed by atoms with Gasteiger partial charge in [-0.3, -0.25) is 0 Å². The molecule has 0 atom stereocenters. The third-order valence-electron chi connectivity index (χ3n) is 2.81. The zero-order valence-corrected chi connectivity index (χ0v) is 9.47. The standard InChI is InChI=1S/C14H12N2O/c1-9-2-7-12-13(8-9)16-17-14(12)10-3-5-11(15)6-4-10/h2-8H,15H2,1H3. The van der Waals surface area contributed by atoms with Crippen molar-refractivity contribution in [2.75, 3.05) is 5.73 Å². The number of hydrogen-bond donors (Lipinski definition) is 1. The summed E-state index contributed by atoms with van der Waals surface area (Å²) in [6.45, 7) is 2.04. The van der Waals surface area contributed by atoms with Gasteiger partial charge in [0.15, 0.2) is 5.76 Å². The van der Waals surface area contributed by atoms with Crippen LogP contribution in [0.1, 0.15) is 5.56 Å². The van der Waals surface area contributed by atoms with Crippen molar-refractivity contribution < 1.29 is 4.52 Å². The average Bonchev–Trinajstić information content (AvgIpc) is 2.73. The van der Waals surface area contributed by atoms with Crippen molar-refractivity contribution in [3.63, 3.8) is 0 Å². The molecule has 0 fully saturated rings. The largest absolute Gasteiger partial charge is 0.399 e. The summed E-state index contributed by atoms with van der Waals surface area (Å²) in [5.41, 5.74) is 9.46. The smallest absolute Gasteiger partial charge is 0.174 e. The van der Waals surface area contributed by atoms with E-state index >= 15 is 0 Å². The Morgan fingerprint density at radius 3 is 2.59 bits per heavy atom. The van der Waals surface area contributed by atoms with Crippen molar-refractivity contribution in [3.05, 3.63) is 48.0 Å². The summed E-state index contributed by atoms with van der Waals surface area (Å²) in [6.07, 6.45) is 0. The van der Waals surface area contributed by atoms with Crippen LogP contribution in [0, 0.1) is 6.92 Å². The summed E-state index contributed by atoms with van der Waals surface area (Å²) in [6, 6.07) is 13.7. The Bertz CT molecular complexity index is 668. The van der Waals surface area contributed by atoms with Crippen molar-refractivity contribution in [3.8, 4) is 11.3 Å². The van der Waals surface area contributed by atoms with Crippen LogP contribution in [0.2, 0.25) is 0 Å². The molecule has 0 spiro atoms. The molecule has 1 aromatic heterocycles. The van der Waals surface area contributed by atoms with E-state index in [1.54, 1.807) is 0 Å². The summed E-state index contributed by atoms with van der Waals surface area (Å²) < 4.78 is 5.41. The van der Waals surface area contributed by atoms with E-state index in [1.165, 1.54) is 5.56 Å². The average molecular weight is 224 g/mol. The lowest BCUT2D eigenvalue weighted by Crippen LogP contribution is -1.83. The van der Waals surface area contributed by atoms with Gasteiger partial charge in [-0.25, -0.2) is 0 Å². The zero-order valence-electron chi connectivity index (χ0n) is 9.47. The van der Waals surface area contributed by atoms with Gasteiger partial charge in [-0.1, -0.05) is 11.2 Å². The minimum Gasteiger partial charge on any atom is -0.399 e. The Morgan fingerprint density at radius 2 is 1.82 bits per heavy atom. The van der Waals surface area contributed by atoms with Gasteiger partial charge >= 0.3 is 0 Å². The molecule has 0 unspecified atom stereocenters. The number of aryl methyl sites for hydroxylation is 1. The van der Waals surface area contributed by atoms with E-state index in [0.29, 0.717) is 0 Å². The van der Waals surface area contributed by atoms with Crippen molar-refractivity contribution in [1.82, 2.24) is 5.16 Å². The molecule has 0 radical (unpaired) electrons. The normalized spacial score (nSPS) is 10.9. The van der Waals surface area contributed by atoms with Crippen molar-refractivity contribution in [2.24, 2.45) is 0 Å². The molecule has 0 amide bonds. The predicted molar refractivity (Wildman–Crippen MR) is 68.6 cm³/mol. The lowest BCUT2D eigenvalue weighted by atomic mass is 10.1. The van der Waals surface area contributed by atoms with Gasteiger partial charge in [-0.15, -0.1) is 0 Å². The zero-order chi connectivity index (χ0) is 11.8. The van der Waals surface area contributed by atoms with Crippen LogP contribution in [0.4, 0.5) is 5.69 Å².